The molecule has 110 valence electrons. The summed E-state index contributed by atoms with van der Waals surface area (Å²) >= 11 is 0. The molecule has 9 heteroatoms. The topological polar surface area (TPSA) is 120 Å². The molecule has 0 radical (unpaired) electrons. The summed E-state index contributed by atoms with van der Waals surface area (Å²) in [6.07, 6.45) is 0. The highest BCUT2D eigenvalue weighted by Gasteiger charge is 2.21. The van der Waals surface area contributed by atoms with Crippen LogP contribution < -0.4 is 4.74 Å². The predicted molar refractivity (Wildman–Crippen MR) is 71.0 cm³/mol. The summed E-state index contributed by atoms with van der Waals surface area (Å²) in [7, 11) is 1.39. The van der Waals surface area contributed by atoms with Crippen molar-refractivity contribution in [3.63, 3.8) is 0 Å². The van der Waals surface area contributed by atoms with Gasteiger partial charge in [-0.2, -0.15) is 10.3 Å². The van der Waals surface area contributed by atoms with Gasteiger partial charge in [0.2, 0.25) is 0 Å². The van der Waals surface area contributed by atoms with Crippen LogP contribution in [0.4, 0.5) is 5.69 Å². The molecule has 0 bridgehead atoms. The second-order valence-electron chi connectivity index (χ2n) is 3.92. The van der Waals surface area contributed by atoms with E-state index in [1.165, 1.54) is 25.3 Å². The predicted octanol–water partition coefficient (Wildman–Crippen LogP) is 1.57. The highest BCUT2D eigenvalue weighted by atomic mass is 16.6. The normalized spacial score (nSPS) is 10.2. The van der Waals surface area contributed by atoms with Crippen molar-refractivity contribution in [1.29, 1.82) is 0 Å². The number of benzene rings is 1. The third-order valence-electron chi connectivity index (χ3n) is 2.63. The molecule has 0 saturated heterocycles. The van der Waals surface area contributed by atoms with E-state index in [9.17, 15) is 14.9 Å². The molecule has 0 aliphatic heterocycles. The van der Waals surface area contributed by atoms with Crippen LogP contribution in [-0.4, -0.2) is 40.0 Å². The standard InChI is InChI=1S/C12H12N4O5/c1-3-21-12(17)11-10(13-15-14-11)7-4-8(16(18)19)6-9(5-7)20-2/h4-6H,3H2,1-2H3,(H,13,14,15). The maximum atomic E-state index is 11.8. The first-order chi connectivity index (χ1) is 10.1. The Labute approximate surface area is 119 Å². The number of ether oxygens (including phenoxy) is 2. The van der Waals surface area contributed by atoms with Gasteiger partial charge in [0.15, 0.2) is 5.69 Å². The van der Waals surface area contributed by atoms with Crippen molar-refractivity contribution in [3.05, 3.63) is 34.0 Å². The maximum Gasteiger partial charge on any atom is 0.361 e. The first kappa shape index (κ1) is 14.4. The van der Waals surface area contributed by atoms with Gasteiger partial charge in [0.1, 0.15) is 11.4 Å². The molecular weight excluding hydrogens is 280 g/mol. The van der Waals surface area contributed by atoms with Crippen LogP contribution in [0.1, 0.15) is 17.4 Å². The Morgan fingerprint density at radius 1 is 1.38 bits per heavy atom. The Kier molecular flexibility index (Phi) is 4.12. The molecule has 0 fully saturated rings. The second-order valence-corrected chi connectivity index (χ2v) is 3.92. The van der Waals surface area contributed by atoms with Crippen molar-refractivity contribution in [2.24, 2.45) is 0 Å². The number of nitrogens with zero attached hydrogens (tertiary/aromatic N) is 3. The first-order valence-corrected chi connectivity index (χ1v) is 5.98. The van der Waals surface area contributed by atoms with E-state index in [0.717, 1.165) is 0 Å². The van der Waals surface area contributed by atoms with E-state index in [4.69, 9.17) is 9.47 Å². The van der Waals surface area contributed by atoms with Crippen molar-refractivity contribution in [2.45, 2.75) is 6.92 Å². The molecule has 1 N–H and O–H groups in total. The van der Waals surface area contributed by atoms with Crippen LogP contribution in [0.5, 0.6) is 5.75 Å². The summed E-state index contributed by atoms with van der Waals surface area (Å²) in [5.41, 5.74) is 0.273. The summed E-state index contributed by atoms with van der Waals surface area (Å²) in [5.74, 6) is -0.385. The van der Waals surface area contributed by atoms with Gasteiger partial charge < -0.3 is 9.47 Å². The number of aromatic nitrogens is 3. The van der Waals surface area contributed by atoms with E-state index in [-0.39, 0.29) is 29.4 Å². The van der Waals surface area contributed by atoms with E-state index in [1.807, 2.05) is 0 Å². The molecule has 2 aromatic rings. The summed E-state index contributed by atoms with van der Waals surface area (Å²) in [4.78, 5) is 22.1. The fourth-order valence-corrected chi connectivity index (χ4v) is 1.72. The zero-order valence-corrected chi connectivity index (χ0v) is 11.3. The van der Waals surface area contributed by atoms with Crippen molar-refractivity contribution >= 4 is 11.7 Å². The first-order valence-electron chi connectivity index (χ1n) is 5.98. The number of hydrogen-bond acceptors (Lipinski definition) is 7. The quantitative estimate of drug-likeness (QED) is 0.504. The number of H-pyrrole nitrogens is 1. The maximum absolute atomic E-state index is 11.8. The summed E-state index contributed by atoms with van der Waals surface area (Å²) in [6, 6.07) is 4.07. The lowest BCUT2D eigenvalue weighted by Gasteiger charge is -2.04. The molecule has 0 atom stereocenters. The van der Waals surface area contributed by atoms with Gasteiger partial charge in [-0.05, 0) is 13.0 Å². The van der Waals surface area contributed by atoms with Gasteiger partial charge in [-0.15, -0.1) is 5.10 Å². The average molecular weight is 292 g/mol. The molecule has 0 amide bonds. The molecule has 0 saturated carbocycles. The molecule has 9 nitrogen and oxygen atoms in total. The van der Waals surface area contributed by atoms with E-state index >= 15 is 0 Å². The number of carbonyl (C=O) groups is 1. The number of methoxy groups -OCH3 is 1. The molecule has 1 heterocycles. The number of carbonyl (C=O) groups excluding carboxylic acids is 1. The smallest absolute Gasteiger partial charge is 0.361 e. The molecule has 0 unspecified atom stereocenters. The Morgan fingerprint density at radius 3 is 2.76 bits per heavy atom. The molecule has 1 aromatic carbocycles. The van der Waals surface area contributed by atoms with E-state index in [0.29, 0.717) is 5.56 Å². The largest absolute Gasteiger partial charge is 0.496 e. The van der Waals surface area contributed by atoms with Gasteiger partial charge in [-0.3, -0.25) is 10.1 Å². The van der Waals surface area contributed by atoms with Crippen LogP contribution in [0.25, 0.3) is 11.3 Å². The Morgan fingerprint density at radius 2 is 2.14 bits per heavy atom. The number of non-ortho nitro benzene ring substituents is 1. The Balaban J connectivity index is 2.52. The van der Waals surface area contributed by atoms with Gasteiger partial charge in [-0.1, -0.05) is 0 Å². The minimum atomic E-state index is -0.660. The summed E-state index contributed by atoms with van der Waals surface area (Å²) < 4.78 is 9.87. The number of nitro benzene ring substituents is 1. The lowest BCUT2D eigenvalue weighted by atomic mass is 10.1. The fourth-order valence-electron chi connectivity index (χ4n) is 1.72. The zero-order valence-electron chi connectivity index (χ0n) is 11.3. The highest BCUT2D eigenvalue weighted by molar-refractivity contribution is 5.94. The third-order valence-corrected chi connectivity index (χ3v) is 2.63. The van der Waals surface area contributed by atoms with Crippen molar-refractivity contribution in [3.8, 4) is 17.0 Å². The Bertz CT molecular complexity index is 682. The van der Waals surface area contributed by atoms with Gasteiger partial charge >= 0.3 is 5.97 Å². The molecule has 0 aliphatic carbocycles. The second kappa shape index (κ2) is 5.99. The number of esters is 1. The molecule has 2 rings (SSSR count). The van der Waals surface area contributed by atoms with E-state index in [2.05, 4.69) is 15.4 Å². The molecule has 0 aliphatic rings. The SMILES string of the molecule is CCOC(=O)c1n[nH]nc1-c1cc(OC)cc([N+](=O)[O-])c1. The average Bonchev–Trinajstić information content (AvgIpc) is 2.96. The summed E-state index contributed by atoms with van der Waals surface area (Å²) in [5, 5.41) is 20.8. The Hall–Kier alpha value is -2.97. The van der Waals surface area contributed by atoms with E-state index < -0.39 is 10.9 Å². The van der Waals surface area contributed by atoms with Gasteiger partial charge in [0.25, 0.3) is 5.69 Å². The van der Waals surface area contributed by atoms with Crippen LogP contribution in [0.15, 0.2) is 18.2 Å². The van der Waals surface area contributed by atoms with Crippen LogP contribution in [0.3, 0.4) is 0 Å². The number of aromatic amines is 1. The van der Waals surface area contributed by atoms with Crippen molar-refractivity contribution in [2.75, 3.05) is 13.7 Å². The van der Waals surface area contributed by atoms with Crippen LogP contribution in [-0.2, 0) is 4.74 Å². The van der Waals surface area contributed by atoms with Crippen molar-refractivity contribution < 1.29 is 19.2 Å². The zero-order chi connectivity index (χ0) is 15.4. The minimum Gasteiger partial charge on any atom is -0.496 e. The van der Waals surface area contributed by atoms with Crippen LogP contribution in [0, 0.1) is 10.1 Å². The highest BCUT2D eigenvalue weighted by Crippen LogP contribution is 2.29. The summed E-state index contributed by atoms with van der Waals surface area (Å²) in [6.45, 7) is 1.84. The van der Waals surface area contributed by atoms with Gasteiger partial charge in [0.05, 0.1) is 24.7 Å². The number of hydrogen-bond donors (Lipinski definition) is 1. The number of rotatable bonds is 5. The van der Waals surface area contributed by atoms with Gasteiger partial charge in [-0.25, -0.2) is 4.79 Å². The fraction of sp³-hybridized carbons (Fsp3) is 0.250. The third kappa shape index (κ3) is 2.96. The monoisotopic (exact) mass is 292 g/mol. The minimum absolute atomic E-state index is 0.0422. The molecular formula is C12H12N4O5. The lowest BCUT2D eigenvalue weighted by Crippen LogP contribution is -2.07. The van der Waals surface area contributed by atoms with Crippen LogP contribution >= 0.6 is 0 Å². The van der Waals surface area contributed by atoms with E-state index in [1.54, 1.807) is 6.92 Å². The number of nitrogens with one attached hydrogen (secondary N) is 1. The van der Waals surface area contributed by atoms with Crippen LogP contribution in [0.2, 0.25) is 0 Å². The molecule has 21 heavy (non-hydrogen) atoms. The number of nitro groups is 1. The van der Waals surface area contributed by atoms with Crippen molar-refractivity contribution in [1.82, 2.24) is 15.4 Å². The van der Waals surface area contributed by atoms with Gasteiger partial charge in [0, 0.05) is 11.6 Å². The molecule has 1 aromatic heterocycles. The molecule has 0 spiro atoms. The lowest BCUT2D eigenvalue weighted by molar-refractivity contribution is -0.384.